The average Bonchev–Trinajstić information content (AvgIpc) is 3.43. The van der Waals surface area contributed by atoms with Crippen molar-refractivity contribution in [1.82, 2.24) is 4.98 Å². The maximum absolute atomic E-state index is 14.8. The minimum atomic E-state index is -0.575. The lowest BCUT2D eigenvalue weighted by Crippen LogP contribution is -2.66. The van der Waals surface area contributed by atoms with Crippen LogP contribution in [0.25, 0.3) is 10.2 Å². The number of carbonyl (C=O) groups excluding carboxylic acids is 3. The van der Waals surface area contributed by atoms with E-state index in [1.54, 1.807) is 7.11 Å². The van der Waals surface area contributed by atoms with Crippen molar-refractivity contribution in [2.75, 3.05) is 12.4 Å². The van der Waals surface area contributed by atoms with Crippen LogP contribution < -0.4 is 10.1 Å². The molecule has 1 aromatic carbocycles. The van der Waals surface area contributed by atoms with Gasteiger partial charge in [0.2, 0.25) is 5.91 Å². The van der Waals surface area contributed by atoms with E-state index >= 15 is 0 Å². The van der Waals surface area contributed by atoms with Crippen LogP contribution in [0.1, 0.15) is 113 Å². The first-order chi connectivity index (χ1) is 22.4. The molecule has 7 nitrogen and oxygen atoms in total. The molecule has 0 bridgehead atoms. The number of methoxy groups -OCH3 is 1. The maximum Gasteiger partial charge on any atom is 0.302 e. The van der Waals surface area contributed by atoms with E-state index in [1.165, 1.54) is 23.8 Å². The summed E-state index contributed by atoms with van der Waals surface area (Å²) in [5.74, 6) is 1.17. The monoisotopic (exact) mass is 674 g/mol. The number of fused-ring (bicyclic) bond motifs is 8. The number of nitrogens with one attached hydrogen (secondary N) is 1. The fourth-order valence-corrected chi connectivity index (χ4v) is 13.0. The first-order valence-electron chi connectivity index (χ1n) is 18.1. The highest BCUT2D eigenvalue weighted by atomic mass is 32.1. The van der Waals surface area contributed by atoms with Gasteiger partial charge in [-0.15, -0.1) is 0 Å². The van der Waals surface area contributed by atoms with E-state index in [0.717, 1.165) is 68.0 Å². The van der Waals surface area contributed by atoms with Gasteiger partial charge in [0.25, 0.3) is 0 Å². The summed E-state index contributed by atoms with van der Waals surface area (Å²) < 4.78 is 12.4. The number of amides is 1. The number of allylic oxidation sites excluding steroid dienone is 2. The molecule has 1 heterocycles. The molecule has 260 valence electrons. The summed E-state index contributed by atoms with van der Waals surface area (Å²) in [5, 5.41) is 3.80. The van der Waals surface area contributed by atoms with Gasteiger partial charge >= 0.3 is 5.97 Å². The number of esters is 1. The van der Waals surface area contributed by atoms with Crippen molar-refractivity contribution in [3.05, 3.63) is 29.8 Å². The number of benzene rings is 1. The topological polar surface area (TPSA) is 94.6 Å². The molecule has 0 radical (unpaired) electrons. The third-order valence-electron chi connectivity index (χ3n) is 15.2. The largest absolute Gasteiger partial charge is 0.494 e. The van der Waals surface area contributed by atoms with E-state index < -0.39 is 5.41 Å². The molecule has 0 unspecified atom stereocenters. The molecule has 8 heteroatoms. The van der Waals surface area contributed by atoms with Crippen LogP contribution in [0.3, 0.4) is 0 Å². The predicted octanol–water partition coefficient (Wildman–Crippen LogP) is 9.16. The third kappa shape index (κ3) is 4.62. The van der Waals surface area contributed by atoms with Crippen LogP contribution in [0.15, 0.2) is 29.8 Å². The van der Waals surface area contributed by atoms with Gasteiger partial charge in [0, 0.05) is 23.7 Å². The Hall–Kier alpha value is -2.74. The Morgan fingerprint density at radius 3 is 2.40 bits per heavy atom. The highest BCUT2D eigenvalue weighted by molar-refractivity contribution is 7.22. The van der Waals surface area contributed by atoms with E-state index in [-0.39, 0.29) is 62.7 Å². The molecule has 1 N–H and O–H groups in total. The average molecular weight is 675 g/mol. The Labute approximate surface area is 290 Å². The van der Waals surface area contributed by atoms with Crippen molar-refractivity contribution in [3.63, 3.8) is 0 Å². The molecule has 9 atom stereocenters. The van der Waals surface area contributed by atoms with Crippen molar-refractivity contribution in [3.8, 4) is 5.75 Å². The Bertz CT molecular complexity index is 1730. The molecule has 5 aliphatic rings. The fourth-order valence-electron chi connectivity index (χ4n) is 12.2. The summed E-state index contributed by atoms with van der Waals surface area (Å²) in [6.45, 7) is 17.8. The van der Waals surface area contributed by atoms with Crippen molar-refractivity contribution in [2.45, 2.75) is 119 Å². The Morgan fingerprint density at radius 1 is 0.958 bits per heavy atom. The van der Waals surface area contributed by atoms with Gasteiger partial charge in [0.05, 0.1) is 11.8 Å². The summed E-state index contributed by atoms with van der Waals surface area (Å²) in [7, 11) is 1.64. The molecule has 5 aliphatic carbocycles. The smallest absolute Gasteiger partial charge is 0.302 e. The van der Waals surface area contributed by atoms with Crippen LogP contribution in [-0.2, 0) is 19.1 Å². The minimum Gasteiger partial charge on any atom is -0.494 e. The second-order valence-corrected chi connectivity index (χ2v) is 19.0. The quantitative estimate of drug-likeness (QED) is 0.325. The number of aromatic nitrogens is 1. The van der Waals surface area contributed by atoms with Gasteiger partial charge in [0.1, 0.15) is 17.4 Å². The summed E-state index contributed by atoms with van der Waals surface area (Å²) in [6.07, 6.45) is 10.3. The van der Waals surface area contributed by atoms with Gasteiger partial charge in [-0.3, -0.25) is 14.4 Å². The Balaban J connectivity index is 1.20. The lowest BCUT2D eigenvalue weighted by Gasteiger charge is -2.70. The number of hydrogen-bond acceptors (Lipinski definition) is 7. The second-order valence-electron chi connectivity index (χ2n) is 18.0. The van der Waals surface area contributed by atoms with Crippen molar-refractivity contribution in [2.24, 2.45) is 50.2 Å². The van der Waals surface area contributed by atoms with Gasteiger partial charge in [-0.1, -0.05) is 71.4 Å². The molecular weight excluding hydrogens is 621 g/mol. The lowest BCUT2D eigenvalue weighted by molar-refractivity contribution is -0.210. The number of anilines is 1. The minimum absolute atomic E-state index is 0.0152. The van der Waals surface area contributed by atoms with Crippen LogP contribution >= 0.6 is 11.3 Å². The van der Waals surface area contributed by atoms with E-state index in [0.29, 0.717) is 16.8 Å². The van der Waals surface area contributed by atoms with Crippen molar-refractivity contribution >= 4 is 44.3 Å². The summed E-state index contributed by atoms with van der Waals surface area (Å²) in [4.78, 5) is 45.7. The first kappa shape index (κ1) is 33.7. The fraction of sp³-hybridized carbons (Fsp3) is 0.700. The highest BCUT2D eigenvalue weighted by Gasteiger charge is 2.70. The number of ether oxygens (including phenoxy) is 2. The predicted molar refractivity (Wildman–Crippen MR) is 190 cm³/mol. The number of nitrogens with zero attached hydrogens (tertiary/aromatic N) is 1. The Kier molecular flexibility index (Phi) is 7.65. The van der Waals surface area contributed by atoms with Crippen LogP contribution in [0.2, 0.25) is 0 Å². The molecule has 7 rings (SSSR count). The lowest BCUT2D eigenvalue weighted by atomic mass is 9.33. The van der Waals surface area contributed by atoms with Crippen LogP contribution in [0.5, 0.6) is 5.75 Å². The van der Waals surface area contributed by atoms with Gasteiger partial charge in [-0.2, -0.15) is 0 Å². The normalized spacial score (nSPS) is 41.6. The molecule has 4 saturated carbocycles. The molecule has 0 spiro atoms. The van der Waals surface area contributed by atoms with Crippen LogP contribution in [-0.4, -0.2) is 35.9 Å². The van der Waals surface area contributed by atoms with E-state index in [2.05, 4.69) is 59.9 Å². The molecule has 4 fully saturated rings. The zero-order valence-corrected chi connectivity index (χ0v) is 31.2. The molecule has 2 aromatic rings. The van der Waals surface area contributed by atoms with Gasteiger partial charge in [0.15, 0.2) is 10.9 Å². The summed E-state index contributed by atoms with van der Waals surface area (Å²) >= 11 is 1.48. The first-order valence-corrected chi connectivity index (χ1v) is 18.9. The zero-order valence-electron chi connectivity index (χ0n) is 30.4. The maximum atomic E-state index is 14.8. The molecule has 0 aliphatic heterocycles. The Morgan fingerprint density at radius 2 is 1.69 bits per heavy atom. The van der Waals surface area contributed by atoms with Crippen LogP contribution in [0, 0.1) is 50.2 Å². The van der Waals surface area contributed by atoms with Crippen molar-refractivity contribution in [1.29, 1.82) is 0 Å². The summed E-state index contributed by atoms with van der Waals surface area (Å²) in [5.41, 5.74) is 0.876. The number of carbonyl (C=O) groups is 3. The number of hydrogen-bond donors (Lipinski definition) is 1. The number of ketones is 1. The van der Waals surface area contributed by atoms with Gasteiger partial charge in [-0.25, -0.2) is 4.98 Å². The molecule has 1 amide bonds. The molecule has 48 heavy (non-hydrogen) atoms. The standard InChI is InChI=1S/C40H54N2O5S/c1-23(43)47-30-14-15-38(6)29(35(30,2)3)13-16-40(8)32(38)26(44)21-24-25-22-37(5,18-17-36(25,4)19-20-39(24,40)7)33(45)42-34-41-31-27(46-9)11-10-12-28(31)48-34/h10-12,21,25,29-30,32H,13-20,22H2,1-9H3,(H,41,42,45)/t25-,29-,30-,32+,36+,37-,38-,39+,40+/m0/s1. The van der Waals surface area contributed by atoms with Gasteiger partial charge in [-0.05, 0) is 109 Å². The van der Waals surface area contributed by atoms with E-state index in [1.807, 2.05) is 18.2 Å². The van der Waals surface area contributed by atoms with E-state index in [4.69, 9.17) is 14.5 Å². The molecule has 1 aromatic heterocycles. The highest BCUT2D eigenvalue weighted by Crippen LogP contribution is 2.75. The molecule has 0 saturated heterocycles. The van der Waals surface area contributed by atoms with Crippen LogP contribution in [0.4, 0.5) is 5.13 Å². The van der Waals surface area contributed by atoms with Crippen molar-refractivity contribution < 1.29 is 23.9 Å². The number of para-hydroxylation sites is 1. The van der Waals surface area contributed by atoms with E-state index in [9.17, 15) is 14.4 Å². The van der Waals surface area contributed by atoms with Gasteiger partial charge < -0.3 is 14.8 Å². The second kappa shape index (κ2) is 10.9. The number of thiazole rings is 1. The third-order valence-corrected chi connectivity index (χ3v) is 16.1. The zero-order chi connectivity index (χ0) is 34.7. The molecular formula is C40H54N2O5S. The summed E-state index contributed by atoms with van der Waals surface area (Å²) in [6, 6.07) is 5.84. The SMILES string of the molecule is COc1cccc2sc(NC(=O)[C@@]3(C)CC[C@]4(C)CC[C@]5(C)C(=CC(=O)[C@@H]6[C@@]7(C)CC[C@H](OC(C)=O)C(C)(C)[C@@H]7CC[C@]65C)[C@@H]4C3)nc12. The number of rotatable bonds is 4.